The molecule has 0 saturated carbocycles. The third-order valence-corrected chi connectivity index (χ3v) is 3.54. The van der Waals surface area contributed by atoms with Crippen molar-refractivity contribution in [2.45, 2.75) is 13.0 Å². The summed E-state index contributed by atoms with van der Waals surface area (Å²) in [6.07, 6.45) is 3.52. The molecule has 3 rings (SSSR count). The van der Waals surface area contributed by atoms with E-state index in [1.54, 1.807) is 29.9 Å². The molecule has 3 nitrogen and oxygen atoms in total. The maximum Gasteiger partial charge on any atom is 0.131 e. The van der Waals surface area contributed by atoms with E-state index in [4.69, 9.17) is 5.73 Å². The van der Waals surface area contributed by atoms with Crippen LogP contribution < -0.4 is 5.73 Å². The SMILES string of the molecule is Cc1cccc(C(N)c2cnn(-c3ccccc3)c2)c1F. The first-order valence-corrected chi connectivity index (χ1v) is 6.77. The summed E-state index contributed by atoms with van der Waals surface area (Å²) in [5, 5.41) is 4.30. The van der Waals surface area contributed by atoms with E-state index < -0.39 is 6.04 Å². The number of para-hydroxylation sites is 1. The van der Waals surface area contributed by atoms with Crippen LogP contribution in [0.2, 0.25) is 0 Å². The highest BCUT2D eigenvalue weighted by molar-refractivity contribution is 5.36. The molecule has 2 aromatic carbocycles. The predicted molar refractivity (Wildman–Crippen MR) is 80.7 cm³/mol. The van der Waals surface area contributed by atoms with Crippen LogP contribution in [0.4, 0.5) is 4.39 Å². The zero-order valence-corrected chi connectivity index (χ0v) is 11.7. The van der Waals surface area contributed by atoms with Crippen molar-refractivity contribution in [3.63, 3.8) is 0 Å². The number of aromatic nitrogens is 2. The Morgan fingerprint density at radius 2 is 1.86 bits per heavy atom. The van der Waals surface area contributed by atoms with E-state index in [1.807, 2.05) is 42.6 Å². The lowest BCUT2D eigenvalue weighted by atomic mass is 10.00. The topological polar surface area (TPSA) is 43.8 Å². The lowest BCUT2D eigenvalue weighted by Gasteiger charge is -2.12. The van der Waals surface area contributed by atoms with Gasteiger partial charge in [-0.1, -0.05) is 36.4 Å². The van der Waals surface area contributed by atoms with Gasteiger partial charge in [0.25, 0.3) is 0 Å². The van der Waals surface area contributed by atoms with Gasteiger partial charge in [-0.25, -0.2) is 9.07 Å². The van der Waals surface area contributed by atoms with Crippen molar-refractivity contribution in [3.8, 4) is 5.69 Å². The van der Waals surface area contributed by atoms with Gasteiger partial charge in [-0.05, 0) is 24.6 Å². The Morgan fingerprint density at radius 3 is 2.62 bits per heavy atom. The first-order valence-electron chi connectivity index (χ1n) is 6.77. The molecule has 1 unspecified atom stereocenters. The maximum absolute atomic E-state index is 14.2. The summed E-state index contributed by atoms with van der Waals surface area (Å²) >= 11 is 0. The molecule has 0 bridgehead atoms. The molecule has 21 heavy (non-hydrogen) atoms. The molecule has 1 heterocycles. The summed E-state index contributed by atoms with van der Waals surface area (Å²) in [7, 11) is 0. The minimum Gasteiger partial charge on any atom is -0.320 e. The van der Waals surface area contributed by atoms with Crippen LogP contribution >= 0.6 is 0 Å². The van der Waals surface area contributed by atoms with Gasteiger partial charge >= 0.3 is 0 Å². The predicted octanol–water partition coefficient (Wildman–Crippen LogP) is 3.37. The Balaban J connectivity index is 1.95. The van der Waals surface area contributed by atoms with Crippen LogP contribution in [-0.2, 0) is 0 Å². The number of nitrogens with two attached hydrogens (primary N) is 1. The molecular weight excluding hydrogens is 265 g/mol. The zero-order valence-electron chi connectivity index (χ0n) is 11.7. The van der Waals surface area contributed by atoms with Crippen LogP contribution in [0.3, 0.4) is 0 Å². The van der Waals surface area contributed by atoms with E-state index in [0.29, 0.717) is 11.1 Å². The van der Waals surface area contributed by atoms with Crippen LogP contribution in [0, 0.1) is 12.7 Å². The van der Waals surface area contributed by atoms with Crippen LogP contribution in [0.1, 0.15) is 22.7 Å². The van der Waals surface area contributed by atoms with Crippen molar-refractivity contribution >= 4 is 0 Å². The minimum atomic E-state index is -0.526. The highest BCUT2D eigenvalue weighted by atomic mass is 19.1. The Morgan fingerprint density at radius 1 is 1.10 bits per heavy atom. The molecule has 0 fully saturated rings. The normalized spacial score (nSPS) is 12.3. The second kappa shape index (κ2) is 5.50. The smallest absolute Gasteiger partial charge is 0.131 e. The summed E-state index contributed by atoms with van der Waals surface area (Å²) in [5.74, 6) is -0.252. The molecule has 0 radical (unpaired) electrons. The zero-order chi connectivity index (χ0) is 14.8. The van der Waals surface area contributed by atoms with Gasteiger partial charge in [-0.2, -0.15) is 5.10 Å². The van der Waals surface area contributed by atoms with E-state index in [0.717, 1.165) is 11.3 Å². The molecule has 1 atom stereocenters. The van der Waals surface area contributed by atoms with Crippen molar-refractivity contribution in [1.29, 1.82) is 0 Å². The number of aryl methyl sites for hydroxylation is 1. The molecular formula is C17H16FN3. The second-order valence-electron chi connectivity index (χ2n) is 5.01. The number of hydrogen-bond donors (Lipinski definition) is 1. The van der Waals surface area contributed by atoms with Gasteiger partial charge in [0.2, 0.25) is 0 Å². The summed E-state index contributed by atoms with van der Waals surface area (Å²) < 4.78 is 15.9. The Hall–Kier alpha value is -2.46. The largest absolute Gasteiger partial charge is 0.320 e. The fourth-order valence-corrected chi connectivity index (χ4v) is 2.31. The van der Waals surface area contributed by atoms with Gasteiger partial charge in [0.1, 0.15) is 5.82 Å². The maximum atomic E-state index is 14.2. The highest BCUT2D eigenvalue weighted by Crippen LogP contribution is 2.24. The monoisotopic (exact) mass is 281 g/mol. The van der Waals surface area contributed by atoms with Crippen LogP contribution in [-0.4, -0.2) is 9.78 Å². The van der Waals surface area contributed by atoms with Gasteiger partial charge in [0.05, 0.1) is 17.9 Å². The lowest BCUT2D eigenvalue weighted by Crippen LogP contribution is -2.13. The number of rotatable bonds is 3. The molecule has 1 aromatic heterocycles. The fourth-order valence-electron chi connectivity index (χ4n) is 2.31. The van der Waals surface area contributed by atoms with Crippen molar-refractivity contribution in [2.24, 2.45) is 5.73 Å². The fraction of sp³-hybridized carbons (Fsp3) is 0.118. The van der Waals surface area contributed by atoms with Crippen molar-refractivity contribution in [2.75, 3.05) is 0 Å². The third-order valence-electron chi connectivity index (χ3n) is 3.54. The summed E-state index contributed by atoms with van der Waals surface area (Å²) in [5.41, 5.74) is 8.99. The number of benzene rings is 2. The third kappa shape index (κ3) is 2.58. The van der Waals surface area contributed by atoms with Crippen molar-refractivity contribution in [3.05, 3.63) is 83.4 Å². The Labute approximate surface area is 122 Å². The molecule has 0 aliphatic rings. The van der Waals surface area contributed by atoms with Crippen molar-refractivity contribution < 1.29 is 4.39 Å². The Kier molecular flexibility index (Phi) is 3.54. The molecule has 0 spiro atoms. The molecule has 0 aliphatic carbocycles. The van der Waals surface area contributed by atoms with E-state index in [-0.39, 0.29) is 5.82 Å². The molecule has 0 amide bonds. The van der Waals surface area contributed by atoms with Gasteiger partial charge < -0.3 is 5.73 Å². The average Bonchev–Trinajstić information content (AvgIpc) is 3.00. The molecule has 0 aliphatic heterocycles. The standard InChI is InChI=1S/C17H16FN3/c1-12-6-5-9-15(16(12)18)17(19)13-10-20-21(11-13)14-7-3-2-4-8-14/h2-11,17H,19H2,1H3. The van der Waals surface area contributed by atoms with Gasteiger partial charge in [0, 0.05) is 17.3 Å². The van der Waals surface area contributed by atoms with E-state index in [1.165, 1.54) is 0 Å². The van der Waals surface area contributed by atoms with Crippen molar-refractivity contribution in [1.82, 2.24) is 9.78 Å². The highest BCUT2D eigenvalue weighted by Gasteiger charge is 2.16. The summed E-state index contributed by atoms with van der Waals surface area (Å²) in [6.45, 7) is 1.74. The van der Waals surface area contributed by atoms with Gasteiger partial charge in [-0.15, -0.1) is 0 Å². The second-order valence-corrected chi connectivity index (χ2v) is 5.01. The van der Waals surface area contributed by atoms with E-state index >= 15 is 0 Å². The van der Waals surface area contributed by atoms with E-state index in [9.17, 15) is 4.39 Å². The first-order chi connectivity index (χ1) is 10.2. The number of halogens is 1. The molecule has 106 valence electrons. The summed E-state index contributed by atoms with van der Waals surface area (Å²) in [6, 6.07) is 14.5. The van der Waals surface area contributed by atoms with Gasteiger partial charge in [-0.3, -0.25) is 0 Å². The number of nitrogens with zero attached hydrogens (tertiary/aromatic N) is 2. The average molecular weight is 281 g/mol. The number of hydrogen-bond acceptors (Lipinski definition) is 2. The molecule has 2 N–H and O–H groups in total. The van der Waals surface area contributed by atoms with Crippen LogP contribution in [0.5, 0.6) is 0 Å². The minimum absolute atomic E-state index is 0.252. The van der Waals surface area contributed by atoms with E-state index in [2.05, 4.69) is 5.10 Å². The van der Waals surface area contributed by atoms with Crippen LogP contribution in [0.15, 0.2) is 60.9 Å². The summed E-state index contributed by atoms with van der Waals surface area (Å²) in [4.78, 5) is 0. The molecule has 4 heteroatoms. The molecule has 0 saturated heterocycles. The Bertz CT molecular complexity index is 750. The van der Waals surface area contributed by atoms with Crippen LogP contribution in [0.25, 0.3) is 5.69 Å². The van der Waals surface area contributed by atoms with Gasteiger partial charge in [0.15, 0.2) is 0 Å². The lowest BCUT2D eigenvalue weighted by molar-refractivity contribution is 0.591. The first kappa shape index (κ1) is 13.5. The quantitative estimate of drug-likeness (QED) is 0.800. The molecule has 3 aromatic rings.